The van der Waals surface area contributed by atoms with Crippen molar-refractivity contribution in [1.29, 1.82) is 0 Å². The second-order valence-electron chi connectivity index (χ2n) is 6.92. The first kappa shape index (κ1) is 19.0. The monoisotopic (exact) mass is 444 g/mol. The maximum absolute atomic E-state index is 14.4. The third kappa shape index (κ3) is 4.58. The van der Waals surface area contributed by atoms with Crippen molar-refractivity contribution < 1.29 is 13.9 Å². The molecule has 1 amide bonds. The van der Waals surface area contributed by atoms with Gasteiger partial charge in [0, 0.05) is 0 Å². The number of carbonyl (C=O) groups excluding carboxylic acids is 1. The third-order valence-corrected chi connectivity index (χ3v) is 9.54. The predicted molar refractivity (Wildman–Crippen MR) is 95.0 cm³/mol. The molecule has 0 radical (unpaired) electrons. The number of amides is 1. The molecule has 24 heavy (non-hydrogen) atoms. The number of nitrogens with zero attached hydrogens (tertiary/aromatic N) is 4. The number of likely N-dealkylation sites (N-methyl/N-ethyl adjacent to an activating group) is 1. The van der Waals surface area contributed by atoms with Gasteiger partial charge in [-0.15, -0.1) is 0 Å². The average Bonchev–Trinajstić information content (AvgIpc) is 2.84. The van der Waals surface area contributed by atoms with Crippen molar-refractivity contribution in [3.8, 4) is 0 Å². The molecule has 132 valence electrons. The molecule has 1 aliphatic heterocycles. The molecule has 1 heterocycles. The number of benzene rings is 1. The van der Waals surface area contributed by atoms with E-state index in [1.165, 1.54) is 11.0 Å². The average molecular weight is 443 g/mol. The van der Waals surface area contributed by atoms with Crippen molar-refractivity contribution >= 4 is 33.7 Å². The van der Waals surface area contributed by atoms with Gasteiger partial charge in [0.1, 0.15) is 0 Å². The van der Waals surface area contributed by atoms with Crippen molar-refractivity contribution in [3.05, 3.63) is 24.0 Å². The molecule has 0 N–H and O–H groups in total. The first-order valence-electron chi connectivity index (χ1n) is 8.09. The Hall–Kier alpha value is -1.38. The Labute approximate surface area is 146 Å². The molecule has 8 heteroatoms. The zero-order chi connectivity index (χ0) is 17.9. The zero-order valence-corrected chi connectivity index (χ0v) is 17.8. The van der Waals surface area contributed by atoms with Gasteiger partial charge in [-0.05, 0) is 6.92 Å². The zero-order valence-electron chi connectivity index (χ0n) is 14.9. The van der Waals surface area contributed by atoms with Crippen LogP contribution in [0.25, 0.3) is 0 Å². The molecule has 6 nitrogen and oxygen atoms in total. The second-order valence-corrected chi connectivity index (χ2v) is 21.3. The minimum atomic E-state index is -2.49. The van der Waals surface area contributed by atoms with Gasteiger partial charge in [-0.3, -0.25) is 0 Å². The van der Waals surface area contributed by atoms with E-state index < -0.39 is 24.5 Å². The van der Waals surface area contributed by atoms with Gasteiger partial charge < -0.3 is 0 Å². The van der Waals surface area contributed by atoms with E-state index in [-0.39, 0.29) is 11.9 Å². The topological polar surface area (TPSA) is 57.5 Å². The van der Waals surface area contributed by atoms with Gasteiger partial charge in [0.15, 0.2) is 0 Å². The van der Waals surface area contributed by atoms with Crippen LogP contribution >= 0.6 is 0 Å². The Morgan fingerprint density at radius 1 is 1.42 bits per heavy atom. The molecular weight excluding hydrogens is 418 g/mol. The molecule has 0 saturated carbocycles. The molecule has 0 spiro atoms. The van der Waals surface area contributed by atoms with E-state index in [1.54, 1.807) is 12.1 Å². The van der Waals surface area contributed by atoms with E-state index in [4.69, 9.17) is 4.74 Å². The normalized spacial score (nSPS) is 18.3. The fraction of sp³-hybridized carbons (Fsp3) is 0.562. The Morgan fingerprint density at radius 2 is 2.12 bits per heavy atom. The van der Waals surface area contributed by atoms with Crippen LogP contribution in [-0.4, -0.2) is 62.3 Å². The number of cyclic esters (lactones) is 1. The van der Waals surface area contributed by atoms with E-state index in [9.17, 15) is 9.18 Å². The summed E-state index contributed by atoms with van der Waals surface area (Å²) in [7, 11) is 1.78. The summed E-state index contributed by atoms with van der Waals surface area (Å²) in [5, 5.41) is 9.53. The van der Waals surface area contributed by atoms with Crippen molar-refractivity contribution in [3.63, 3.8) is 0 Å². The summed E-state index contributed by atoms with van der Waals surface area (Å²) in [6.07, 6.45) is -0.768. The number of carbonyl (C=O) groups is 1. The quantitative estimate of drug-likeness (QED) is 0.386. The van der Waals surface area contributed by atoms with Gasteiger partial charge in [0.25, 0.3) is 0 Å². The van der Waals surface area contributed by atoms with E-state index in [2.05, 4.69) is 25.2 Å². The van der Waals surface area contributed by atoms with E-state index in [1.807, 2.05) is 19.1 Å². The molecule has 0 aromatic heterocycles. The van der Waals surface area contributed by atoms with Crippen LogP contribution < -0.4 is 8.48 Å². The Morgan fingerprint density at radius 3 is 2.71 bits per heavy atom. The third-order valence-electron chi connectivity index (χ3n) is 3.77. The van der Waals surface area contributed by atoms with E-state index in [0.29, 0.717) is 25.3 Å². The molecule has 2 rings (SSSR count). The Bertz CT molecular complexity index is 633. The van der Waals surface area contributed by atoms with Gasteiger partial charge in [-0.1, -0.05) is 0 Å². The van der Waals surface area contributed by atoms with Gasteiger partial charge in [0.05, 0.1) is 0 Å². The molecule has 1 saturated heterocycles. The summed E-state index contributed by atoms with van der Waals surface area (Å²) in [6, 6.07) is 5.08. The molecule has 1 aromatic rings. The molecule has 1 aromatic carbocycles. The van der Waals surface area contributed by atoms with Crippen LogP contribution in [0.3, 0.4) is 0 Å². The van der Waals surface area contributed by atoms with Gasteiger partial charge >= 0.3 is 140 Å². The number of anilines is 1. The van der Waals surface area contributed by atoms with Crippen LogP contribution in [0.4, 0.5) is 14.9 Å². The van der Waals surface area contributed by atoms with Crippen LogP contribution in [0, 0.1) is 5.82 Å². The number of halogens is 1. The van der Waals surface area contributed by atoms with Crippen LogP contribution in [0.2, 0.25) is 14.8 Å². The van der Waals surface area contributed by atoms with Gasteiger partial charge in [0.2, 0.25) is 0 Å². The number of hydrogen-bond acceptors (Lipinski definition) is 4. The molecular formula is C16H25FN4O2Sn. The fourth-order valence-electron chi connectivity index (χ4n) is 2.61. The summed E-state index contributed by atoms with van der Waals surface area (Å²) in [6.45, 7) is 3.33. The molecule has 0 bridgehead atoms. The van der Waals surface area contributed by atoms with Crippen LogP contribution in [0.5, 0.6) is 0 Å². The maximum atomic E-state index is 14.4. The van der Waals surface area contributed by atoms with Gasteiger partial charge in [-0.2, -0.15) is 0 Å². The molecule has 1 atom stereocenters. The second kappa shape index (κ2) is 7.67. The minimum absolute atomic E-state index is 0.221. The van der Waals surface area contributed by atoms with Crippen LogP contribution in [0.15, 0.2) is 28.5 Å². The summed E-state index contributed by atoms with van der Waals surface area (Å²) in [5.74, 6) is -0.221. The number of ether oxygens (including phenoxy) is 1. The number of rotatable bonds is 6. The summed E-state index contributed by atoms with van der Waals surface area (Å²) in [5.41, 5.74) is 0.539. The molecule has 1 fully saturated rings. The predicted octanol–water partition coefficient (Wildman–Crippen LogP) is 3.02. The van der Waals surface area contributed by atoms with Crippen molar-refractivity contribution in [2.24, 2.45) is 10.3 Å². The van der Waals surface area contributed by atoms with Crippen molar-refractivity contribution in [2.45, 2.75) is 27.8 Å². The van der Waals surface area contributed by atoms with Crippen molar-refractivity contribution in [1.82, 2.24) is 5.01 Å². The summed E-state index contributed by atoms with van der Waals surface area (Å²) < 4.78 is 20.6. The molecule has 0 aliphatic carbocycles. The summed E-state index contributed by atoms with van der Waals surface area (Å²) >= 11 is -2.49. The fourth-order valence-corrected chi connectivity index (χ4v) is 6.53. The first-order valence-corrected chi connectivity index (χ1v) is 18.1. The first-order chi connectivity index (χ1) is 11.2. The van der Waals surface area contributed by atoms with E-state index >= 15 is 0 Å². The SMILES string of the molecule is CCN=NN(C)CC1CN(c2cc[c]([Sn]([CH3])([CH3])[CH3])c(F)c2)C(=O)O1. The van der Waals surface area contributed by atoms with Crippen LogP contribution in [-0.2, 0) is 4.74 Å². The van der Waals surface area contributed by atoms with Gasteiger partial charge in [-0.25, -0.2) is 0 Å². The van der Waals surface area contributed by atoms with Crippen LogP contribution in [0.1, 0.15) is 6.92 Å². The Kier molecular flexibility index (Phi) is 6.06. The molecule has 1 unspecified atom stereocenters. The van der Waals surface area contributed by atoms with E-state index in [0.717, 1.165) is 3.58 Å². The standard InChI is InChI=1S/C13H16FN4O2.3CH3.Sn/c1-3-15-16-17(2)8-12-9-18(13(19)20-12)11-6-4-5-10(14)7-11;;;;/h4,6-7,12H,3,8-9H2,1-2H3;3*1H3;. The molecule has 1 aliphatic rings. The summed E-state index contributed by atoms with van der Waals surface area (Å²) in [4.78, 5) is 20.0. The van der Waals surface area contributed by atoms with Crippen molar-refractivity contribution in [2.75, 3.05) is 31.6 Å². The Balaban J connectivity index is 2.09. The number of hydrogen-bond donors (Lipinski definition) is 0.